The van der Waals surface area contributed by atoms with E-state index in [2.05, 4.69) is 16.5 Å². The summed E-state index contributed by atoms with van der Waals surface area (Å²) in [4.78, 5) is 27.7. The molecule has 208 valence electrons. The number of carbonyl (C=O) groups excluding carboxylic acids is 2. The first-order valence-corrected chi connectivity index (χ1v) is 13.7. The summed E-state index contributed by atoms with van der Waals surface area (Å²) in [5, 5.41) is 16.9. The van der Waals surface area contributed by atoms with Crippen LogP contribution in [0.3, 0.4) is 0 Å². The van der Waals surface area contributed by atoms with Gasteiger partial charge in [-0.25, -0.2) is 9.18 Å². The molecule has 10 heteroatoms. The fraction of sp³-hybridized carbons (Fsp3) is 0.586. The summed E-state index contributed by atoms with van der Waals surface area (Å²) in [5.41, 5.74) is 1.15. The van der Waals surface area contributed by atoms with Gasteiger partial charge in [-0.05, 0) is 69.6 Å². The molecule has 2 saturated heterocycles. The molecule has 2 aromatic rings. The highest BCUT2D eigenvalue weighted by Crippen LogP contribution is 2.43. The second kappa shape index (κ2) is 11.0. The van der Waals surface area contributed by atoms with Gasteiger partial charge in [-0.2, -0.15) is 10.4 Å². The second-order valence-corrected chi connectivity index (χ2v) is 11.9. The Kier molecular flexibility index (Phi) is 7.63. The molecule has 2 aliphatic heterocycles. The van der Waals surface area contributed by atoms with E-state index < -0.39 is 35.5 Å². The van der Waals surface area contributed by atoms with E-state index in [1.807, 2.05) is 10.9 Å². The lowest BCUT2D eigenvalue weighted by Crippen LogP contribution is -2.55. The van der Waals surface area contributed by atoms with Crippen LogP contribution in [0.15, 0.2) is 30.6 Å². The smallest absolute Gasteiger partial charge is 0.411 e. The van der Waals surface area contributed by atoms with Gasteiger partial charge >= 0.3 is 6.09 Å². The van der Waals surface area contributed by atoms with Crippen LogP contribution in [-0.4, -0.2) is 63.6 Å². The van der Waals surface area contributed by atoms with E-state index in [-0.39, 0.29) is 18.4 Å². The predicted molar refractivity (Wildman–Crippen MR) is 141 cm³/mol. The molecule has 0 radical (unpaired) electrons. The van der Waals surface area contributed by atoms with Crippen molar-refractivity contribution in [3.63, 3.8) is 0 Å². The monoisotopic (exact) mass is 537 g/mol. The molecule has 1 aromatic carbocycles. The highest BCUT2D eigenvalue weighted by Gasteiger charge is 2.52. The van der Waals surface area contributed by atoms with Crippen LogP contribution in [-0.2, 0) is 27.2 Å². The molecule has 2 amide bonds. The summed E-state index contributed by atoms with van der Waals surface area (Å²) >= 11 is 0. The summed E-state index contributed by atoms with van der Waals surface area (Å²) in [6.07, 6.45) is 6.56. The molecular formula is C29H36FN5O4. The Labute approximate surface area is 228 Å². The Bertz CT molecular complexity index is 1260. The molecule has 1 saturated carbocycles. The van der Waals surface area contributed by atoms with Crippen LogP contribution in [0.1, 0.15) is 52.0 Å². The largest absolute Gasteiger partial charge is 0.444 e. The first kappa shape index (κ1) is 27.1. The summed E-state index contributed by atoms with van der Waals surface area (Å²) in [5.74, 6) is -0.378. The highest BCUT2D eigenvalue weighted by molar-refractivity contribution is 5.87. The van der Waals surface area contributed by atoms with Crippen LogP contribution < -0.4 is 5.32 Å². The van der Waals surface area contributed by atoms with E-state index in [1.54, 1.807) is 44.0 Å². The number of amides is 2. The number of rotatable bonds is 7. The molecule has 1 N–H and O–H groups in total. The second-order valence-electron chi connectivity index (χ2n) is 11.9. The summed E-state index contributed by atoms with van der Waals surface area (Å²) in [6, 6.07) is 5.31. The fourth-order valence-electron chi connectivity index (χ4n) is 6.01. The van der Waals surface area contributed by atoms with Gasteiger partial charge in [-0.1, -0.05) is 12.1 Å². The number of nitriles is 1. The maximum atomic E-state index is 15.1. The fourth-order valence-corrected chi connectivity index (χ4v) is 6.01. The molecule has 1 aliphatic carbocycles. The first-order chi connectivity index (χ1) is 18.6. The SMILES string of the molecule is CC(C)(C)OC(=O)N1[C@@H]2CC[C@@H](C2)[C@H]1C(=O)N[C@H](C#N)Cc1ccc(-c2cnn(C[C@@H]3CCOC3)c2)cc1F. The van der Waals surface area contributed by atoms with Gasteiger partial charge in [-0.15, -0.1) is 0 Å². The van der Waals surface area contributed by atoms with Crippen molar-refractivity contribution in [3.8, 4) is 17.2 Å². The minimum Gasteiger partial charge on any atom is -0.444 e. The summed E-state index contributed by atoms with van der Waals surface area (Å²) < 4.78 is 28.0. The zero-order chi connectivity index (χ0) is 27.7. The highest BCUT2D eigenvalue weighted by atomic mass is 19.1. The Balaban J connectivity index is 1.23. The average molecular weight is 538 g/mol. The molecule has 5 atom stereocenters. The van der Waals surface area contributed by atoms with Crippen LogP contribution in [0, 0.1) is 29.0 Å². The third-order valence-electron chi connectivity index (χ3n) is 7.84. The first-order valence-electron chi connectivity index (χ1n) is 13.7. The number of hydrogen-bond acceptors (Lipinski definition) is 6. The van der Waals surface area contributed by atoms with Crippen LogP contribution in [0.25, 0.3) is 11.1 Å². The van der Waals surface area contributed by atoms with E-state index in [4.69, 9.17) is 9.47 Å². The van der Waals surface area contributed by atoms with Crippen molar-refractivity contribution in [2.24, 2.45) is 11.8 Å². The van der Waals surface area contributed by atoms with Gasteiger partial charge in [0.05, 0.1) is 18.9 Å². The summed E-state index contributed by atoms with van der Waals surface area (Å²) in [7, 11) is 0. The quantitative estimate of drug-likeness (QED) is 0.570. The van der Waals surface area contributed by atoms with Crippen LogP contribution in [0.4, 0.5) is 9.18 Å². The van der Waals surface area contributed by atoms with Gasteiger partial charge in [-0.3, -0.25) is 14.4 Å². The lowest BCUT2D eigenvalue weighted by atomic mass is 9.97. The molecule has 2 bridgehead atoms. The molecule has 0 unspecified atom stereocenters. The number of likely N-dealkylation sites (tertiary alicyclic amines) is 1. The number of hydrogen-bond donors (Lipinski definition) is 1. The third kappa shape index (κ3) is 6.09. The van der Waals surface area contributed by atoms with Gasteiger partial charge in [0.15, 0.2) is 0 Å². The van der Waals surface area contributed by atoms with Crippen molar-refractivity contribution in [3.05, 3.63) is 42.0 Å². The van der Waals surface area contributed by atoms with E-state index in [9.17, 15) is 14.9 Å². The van der Waals surface area contributed by atoms with E-state index in [0.717, 1.165) is 51.0 Å². The summed E-state index contributed by atoms with van der Waals surface area (Å²) in [6.45, 7) is 7.64. The number of fused-ring (bicyclic) bond motifs is 2. The molecule has 3 fully saturated rings. The number of ether oxygens (including phenoxy) is 2. The lowest BCUT2D eigenvalue weighted by Gasteiger charge is -2.35. The maximum Gasteiger partial charge on any atom is 0.411 e. The molecule has 0 spiro atoms. The van der Waals surface area contributed by atoms with Crippen LogP contribution in [0.2, 0.25) is 0 Å². The van der Waals surface area contributed by atoms with Crippen molar-refractivity contribution in [2.45, 2.75) is 83.1 Å². The normalized spacial score (nSPS) is 24.9. The Morgan fingerprint density at radius 1 is 1.28 bits per heavy atom. The topological polar surface area (TPSA) is 109 Å². The van der Waals surface area contributed by atoms with Gasteiger partial charge in [0, 0.05) is 43.3 Å². The molecule has 1 aromatic heterocycles. The van der Waals surface area contributed by atoms with Crippen molar-refractivity contribution < 1.29 is 23.5 Å². The average Bonchev–Trinajstić information content (AvgIpc) is 3.68. The molecular weight excluding hydrogens is 501 g/mol. The maximum absolute atomic E-state index is 15.1. The molecule has 5 rings (SSSR count). The number of carbonyl (C=O) groups is 2. The number of halogens is 1. The Morgan fingerprint density at radius 2 is 2.10 bits per heavy atom. The third-order valence-corrected chi connectivity index (χ3v) is 7.84. The number of benzene rings is 1. The van der Waals surface area contributed by atoms with Gasteiger partial charge < -0.3 is 14.8 Å². The number of aromatic nitrogens is 2. The Hall–Kier alpha value is -3.45. The van der Waals surface area contributed by atoms with Crippen LogP contribution >= 0.6 is 0 Å². The van der Waals surface area contributed by atoms with Crippen molar-refractivity contribution >= 4 is 12.0 Å². The van der Waals surface area contributed by atoms with Gasteiger partial charge in [0.1, 0.15) is 23.5 Å². The zero-order valence-electron chi connectivity index (χ0n) is 22.7. The number of piperidine rings is 1. The lowest BCUT2D eigenvalue weighted by molar-refractivity contribution is -0.128. The molecule has 9 nitrogen and oxygen atoms in total. The van der Waals surface area contributed by atoms with Crippen molar-refractivity contribution in [1.82, 2.24) is 20.0 Å². The number of nitrogens with one attached hydrogen (secondary N) is 1. The van der Waals surface area contributed by atoms with Gasteiger partial charge in [0.2, 0.25) is 5.91 Å². The van der Waals surface area contributed by atoms with Crippen LogP contribution in [0.5, 0.6) is 0 Å². The predicted octanol–water partition coefficient (Wildman–Crippen LogP) is 4.06. The number of nitrogens with zero attached hydrogens (tertiary/aromatic N) is 4. The van der Waals surface area contributed by atoms with E-state index >= 15 is 4.39 Å². The standard InChI is InChI=1S/C29H36FN5O4/c1-29(2,3)39-28(37)35-24-7-6-21(11-24)26(35)27(36)33-23(13-31)10-20-5-4-19(12-25(20)30)22-14-32-34(16-22)15-18-8-9-38-17-18/h4-5,12,14,16,18,21,23-24,26H,6-11,15,17H2,1-3H3,(H,33,36)/t18-,21-,23-,24+,26-/m0/s1. The van der Waals surface area contributed by atoms with Crippen molar-refractivity contribution in [1.29, 1.82) is 5.26 Å². The van der Waals surface area contributed by atoms with E-state index in [1.165, 1.54) is 6.07 Å². The minimum atomic E-state index is -0.936. The minimum absolute atomic E-state index is 0.0164. The van der Waals surface area contributed by atoms with Crippen molar-refractivity contribution in [2.75, 3.05) is 13.2 Å². The Morgan fingerprint density at radius 3 is 2.79 bits per heavy atom. The van der Waals surface area contributed by atoms with Gasteiger partial charge in [0.25, 0.3) is 0 Å². The molecule has 3 heterocycles. The van der Waals surface area contributed by atoms with E-state index in [0.29, 0.717) is 17.0 Å². The molecule has 39 heavy (non-hydrogen) atoms. The zero-order valence-corrected chi connectivity index (χ0v) is 22.7. The molecule has 3 aliphatic rings.